The van der Waals surface area contributed by atoms with Crippen molar-refractivity contribution in [2.24, 2.45) is 0 Å². The van der Waals surface area contributed by atoms with E-state index in [0.29, 0.717) is 5.56 Å². The summed E-state index contributed by atoms with van der Waals surface area (Å²) in [6, 6.07) is 4.35. The predicted molar refractivity (Wildman–Crippen MR) is 68.0 cm³/mol. The minimum atomic E-state index is -1.09. The summed E-state index contributed by atoms with van der Waals surface area (Å²) in [7, 11) is 0. The molecule has 0 bridgehead atoms. The summed E-state index contributed by atoms with van der Waals surface area (Å²) in [6.45, 7) is 5.90. The van der Waals surface area contributed by atoms with Gasteiger partial charge in [0.2, 0.25) is 0 Å². The van der Waals surface area contributed by atoms with Gasteiger partial charge in [-0.1, -0.05) is 25.6 Å². The van der Waals surface area contributed by atoms with Crippen molar-refractivity contribution in [2.75, 3.05) is 6.61 Å². The number of carbonyl (C=O) groups is 1. The third-order valence-corrected chi connectivity index (χ3v) is 2.32. The topological polar surface area (TPSA) is 46.5 Å². The van der Waals surface area contributed by atoms with Crippen molar-refractivity contribution in [3.8, 4) is 5.75 Å². The monoisotopic (exact) mass is 250 g/mol. The molecule has 0 fully saturated rings. The summed E-state index contributed by atoms with van der Waals surface area (Å²) >= 11 is 0. The van der Waals surface area contributed by atoms with Crippen molar-refractivity contribution in [3.05, 3.63) is 47.8 Å². The summed E-state index contributed by atoms with van der Waals surface area (Å²) in [5, 5.41) is 8.56. The van der Waals surface area contributed by atoms with Crippen molar-refractivity contribution in [3.63, 3.8) is 0 Å². The third-order valence-electron chi connectivity index (χ3n) is 2.32. The lowest BCUT2D eigenvalue weighted by molar-refractivity contribution is -0.131. The highest BCUT2D eigenvalue weighted by molar-refractivity contribution is 5.85. The second kappa shape index (κ2) is 6.59. The van der Waals surface area contributed by atoms with Gasteiger partial charge in [-0.25, -0.2) is 9.18 Å². The average Bonchev–Trinajstić information content (AvgIpc) is 2.34. The Labute approximate surface area is 105 Å². The molecule has 3 nitrogen and oxygen atoms in total. The molecule has 0 amide bonds. The van der Waals surface area contributed by atoms with Crippen LogP contribution in [0.1, 0.15) is 18.9 Å². The molecule has 1 rings (SSSR count). The second-order valence-corrected chi connectivity index (χ2v) is 3.72. The molecule has 0 heterocycles. The first-order chi connectivity index (χ1) is 8.54. The Morgan fingerprint density at radius 3 is 2.89 bits per heavy atom. The summed E-state index contributed by atoms with van der Waals surface area (Å²) in [4.78, 5) is 10.4. The van der Waals surface area contributed by atoms with E-state index in [4.69, 9.17) is 9.84 Å². The number of carboxylic acids is 1. The first-order valence-corrected chi connectivity index (χ1v) is 5.53. The van der Waals surface area contributed by atoms with Gasteiger partial charge in [0.05, 0.1) is 0 Å². The van der Waals surface area contributed by atoms with Gasteiger partial charge in [-0.05, 0) is 24.1 Å². The maximum atomic E-state index is 13.6. The number of hydrogen-bond acceptors (Lipinski definition) is 2. The van der Waals surface area contributed by atoms with Crippen molar-refractivity contribution in [2.45, 2.75) is 13.3 Å². The Morgan fingerprint density at radius 2 is 2.28 bits per heavy atom. The zero-order chi connectivity index (χ0) is 13.5. The van der Waals surface area contributed by atoms with E-state index in [1.807, 2.05) is 6.92 Å². The van der Waals surface area contributed by atoms with Crippen molar-refractivity contribution < 1.29 is 19.0 Å². The van der Waals surface area contributed by atoms with Gasteiger partial charge in [0, 0.05) is 11.6 Å². The molecular formula is C14H15FO3. The van der Waals surface area contributed by atoms with Crippen LogP contribution in [-0.2, 0) is 4.79 Å². The first kappa shape index (κ1) is 14.0. The van der Waals surface area contributed by atoms with Crippen LogP contribution in [0.3, 0.4) is 0 Å². The van der Waals surface area contributed by atoms with E-state index in [2.05, 4.69) is 6.58 Å². The van der Waals surface area contributed by atoms with E-state index in [1.165, 1.54) is 18.2 Å². The van der Waals surface area contributed by atoms with E-state index in [1.54, 1.807) is 6.07 Å². The quantitative estimate of drug-likeness (QED) is 0.622. The largest absolute Gasteiger partial charge is 0.486 e. The standard InChI is InChI=1S/C14H15FO3/c1-3-10(2)9-18-14-11(7-8-13(16)17)5-4-6-12(14)15/h4-8H,2-3,9H2,1H3,(H,16,17)/b8-7+. The number of ether oxygens (including phenoxy) is 1. The molecule has 0 unspecified atom stereocenters. The molecule has 0 radical (unpaired) electrons. The highest BCUT2D eigenvalue weighted by Crippen LogP contribution is 2.24. The van der Waals surface area contributed by atoms with Gasteiger partial charge in [0.15, 0.2) is 11.6 Å². The molecule has 18 heavy (non-hydrogen) atoms. The zero-order valence-electron chi connectivity index (χ0n) is 10.1. The lowest BCUT2D eigenvalue weighted by atomic mass is 10.1. The van der Waals surface area contributed by atoms with Crippen LogP contribution in [-0.4, -0.2) is 17.7 Å². The number of rotatable bonds is 6. The number of aliphatic carboxylic acids is 1. The molecule has 0 spiro atoms. The highest BCUT2D eigenvalue weighted by Gasteiger charge is 2.08. The molecule has 0 saturated heterocycles. The van der Waals surface area contributed by atoms with Gasteiger partial charge in [0.1, 0.15) is 6.61 Å². The highest BCUT2D eigenvalue weighted by atomic mass is 19.1. The molecule has 0 aliphatic heterocycles. The fourth-order valence-electron chi connectivity index (χ4n) is 1.25. The maximum Gasteiger partial charge on any atom is 0.328 e. The first-order valence-electron chi connectivity index (χ1n) is 5.53. The second-order valence-electron chi connectivity index (χ2n) is 3.72. The van der Waals surface area contributed by atoms with Crippen LogP contribution in [0, 0.1) is 5.82 Å². The minimum Gasteiger partial charge on any atom is -0.486 e. The molecule has 0 atom stereocenters. The molecule has 4 heteroatoms. The molecular weight excluding hydrogens is 235 g/mol. The molecule has 0 aliphatic rings. The van der Waals surface area contributed by atoms with Crippen LogP contribution in [0.4, 0.5) is 4.39 Å². The lowest BCUT2D eigenvalue weighted by Crippen LogP contribution is -2.02. The fourth-order valence-corrected chi connectivity index (χ4v) is 1.25. The van der Waals surface area contributed by atoms with Gasteiger partial charge < -0.3 is 9.84 Å². The van der Waals surface area contributed by atoms with Gasteiger partial charge in [0.25, 0.3) is 0 Å². The lowest BCUT2D eigenvalue weighted by Gasteiger charge is -2.10. The van der Waals surface area contributed by atoms with E-state index in [-0.39, 0.29) is 12.4 Å². The predicted octanol–water partition coefficient (Wildman–Crippen LogP) is 3.27. The summed E-state index contributed by atoms with van der Waals surface area (Å²) in [5.74, 6) is -1.57. The average molecular weight is 250 g/mol. The fraction of sp³-hybridized carbons (Fsp3) is 0.214. The summed E-state index contributed by atoms with van der Waals surface area (Å²) < 4.78 is 18.9. The van der Waals surface area contributed by atoms with Crippen molar-refractivity contribution >= 4 is 12.0 Å². The number of halogens is 1. The smallest absolute Gasteiger partial charge is 0.328 e. The number of hydrogen-bond donors (Lipinski definition) is 1. The van der Waals surface area contributed by atoms with Gasteiger partial charge in [-0.15, -0.1) is 0 Å². The molecule has 1 N–H and O–H groups in total. The summed E-state index contributed by atoms with van der Waals surface area (Å²) in [5.41, 5.74) is 1.23. The Hall–Kier alpha value is -2.10. The Morgan fingerprint density at radius 1 is 1.56 bits per heavy atom. The van der Waals surface area contributed by atoms with Crippen molar-refractivity contribution in [1.29, 1.82) is 0 Å². The van der Waals surface area contributed by atoms with Crippen molar-refractivity contribution in [1.82, 2.24) is 0 Å². The summed E-state index contributed by atoms with van der Waals surface area (Å²) in [6.07, 6.45) is 2.99. The van der Waals surface area contributed by atoms with Crippen LogP contribution in [0.2, 0.25) is 0 Å². The van der Waals surface area contributed by atoms with Crippen LogP contribution in [0.25, 0.3) is 6.08 Å². The minimum absolute atomic E-state index is 0.0459. The van der Waals surface area contributed by atoms with E-state index in [0.717, 1.165) is 18.1 Å². The molecule has 0 saturated carbocycles. The molecule has 1 aromatic carbocycles. The number of para-hydroxylation sites is 1. The van der Waals surface area contributed by atoms with Gasteiger partial charge >= 0.3 is 5.97 Å². The van der Waals surface area contributed by atoms with Gasteiger partial charge in [-0.3, -0.25) is 0 Å². The molecule has 0 aromatic heterocycles. The molecule has 96 valence electrons. The Kier molecular flexibility index (Phi) is 5.11. The maximum absolute atomic E-state index is 13.6. The SMILES string of the molecule is C=C(CC)COc1c(F)cccc1/C=C/C(=O)O. The Bertz CT molecular complexity index is 478. The number of benzene rings is 1. The molecule has 1 aromatic rings. The van der Waals surface area contributed by atoms with Gasteiger partial charge in [-0.2, -0.15) is 0 Å². The van der Waals surface area contributed by atoms with E-state index >= 15 is 0 Å². The van der Waals surface area contributed by atoms with E-state index in [9.17, 15) is 9.18 Å². The number of carboxylic acid groups (broad SMARTS) is 1. The zero-order valence-corrected chi connectivity index (χ0v) is 10.1. The molecule has 0 aliphatic carbocycles. The Balaban J connectivity index is 2.93. The van der Waals surface area contributed by atoms with Crippen LogP contribution >= 0.6 is 0 Å². The van der Waals surface area contributed by atoms with Crippen LogP contribution < -0.4 is 4.74 Å². The van der Waals surface area contributed by atoms with E-state index < -0.39 is 11.8 Å². The normalized spacial score (nSPS) is 10.6. The third kappa shape index (κ3) is 4.05. The van der Waals surface area contributed by atoms with Crippen LogP contribution in [0.15, 0.2) is 36.4 Å². The van der Waals surface area contributed by atoms with Crippen LogP contribution in [0.5, 0.6) is 5.75 Å².